The number of rotatable bonds is 6. The number of ether oxygens (including phenoxy) is 1. The molecule has 0 saturated carbocycles. The molecule has 0 bridgehead atoms. The third-order valence-electron chi connectivity index (χ3n) is 2.58. The second-order valence-electron chi connectivity index (χ2n) is 4.10. The van der Waals surface area contributed by atoms with Crippen molar-refractivity contribution >= 4 is 15.9 Å². The number of nitrogens with zero attached hydrogens (tertiary/aromatic N) is 2. The summed E-state index contributed by atoms with van der Waals surface area (Å²) in [5.41, 5.74) is 6.64. The lowest BCUT2D eigenvalue weighted by molar-refractivity contribution is 0.285. The molecule has 0 saturated heterocycles. The van der Waals surface area contributed by atoms with Gasteiger partial charge in [-0.25, -0.2) is 0 Å². The lowest BCUT2D eigenvalue weighted by atomic mass is 10.2. The maximum Gasteiger partial charge on any atom is 0.226 e. The van der Waals surface area contributed by atoms with Crippen LogP contribution in [0.15, 0.2) is 27.2 Å². The molecule has 0 aliphatic heterocycles. The summed E-state index contributed by atoms with van der Waals surface area (Å²) in [7, 11) is 0. The van der Waals surface area contributed by atoms with Crippen LogP contribution in [-0.2, 0) is 19.6 Å². The molecule has 6 heteroatoms. The Labute approximate surface area is 120 Å². The minimum Gasteiger partial charge on any atom is -0.485 e. The molecule has 19 heavy (non-hydrogen) atoms. The van der Waals surface area contributed by atoms with Gasteiger partial charge in [0.25, 0.3) is 0 Å². The highest BCUT2D eigenvalue weighted by molar-refractivity contribution is 9.10. The number of halogens is 1. The van der Waals surface area contributed by atoms with E-state index >= 15 is 0 Å². The highest BCUT2D eigenvalue weighted by atomic mass is 79.9. The topological polar surface area (TPSA) is 74.2 Å². The zero-order chi connectivity index (χ0) is 13.7. The highest BCUT2D eigenvalue weighted by Gasteiger charge is 2.07. The molecular weight excluding hydrogens is 310 g/mol. The zero-order valence-corrected chi connectivity index (χ0v) is 12.3. The van der Waals surface area contributed by atoms with Gasteiger partial charge in [-0.3, -0.25) is 0 Å². The Bertz CT molecular complexity index is 542. The van der Waals surface area contributed by atoms with Crippen LogP contribution in [0.3, 0.4) is 0 Å². The first kappa shape index (κ1) is 14.0. The van der Waals surface area contributed by atoms with Gasteiger partial charge in [-0.2, -0.15) is 4.98 Å². The Morgan fingerprint density at radius 3 is 3.00 bits per heavy atom. The monoisotopic (exact) mass is 325 g/mol. The van der Waals surface area contributed by atoms with E-state index in [0.717, 1.165) is 28.6 Å². The van der Waals surface area contributed by atoms with Crippen molar-refractivity contribution in [2.24, 2.45) is 5.73 Å². The van der Waals surface area contributed by atoms with Crippen molar-refractivity contribution < 1.29 is 9.26 Å². The number of aromatic nitrogens is 2. The summed E-state index contributed by atoms with van der Waals surface area (Å²) >= 11 is 3.43. The lowest BCUT2D eigenvalue weighted by Crippen LogP contribution is -2.01. The van der Waals surface area contributed by atoms with Gasteiger partial charge in [0.05, 0.1) is 0 Å². The summed E-state index contributed by atoms with van der Waals surface area (Å²) in [6, 6.07) is 5.68. The number of hydrogen-bond donors (Lipinski definition) is 1. The minimum atomic E-state index is 0.291. The molecule has 1 heterocycles. The summed E-state index contributed by atoms with van der Waals surface area (Å²) in [6.07, 6.45) is 1.78. The molecule has 0 atom stereocenters. The van der Waals surface area contributed by atoms with Gasteiger partial charge in [-0.15, -0.1) is 0 Å². The third-order valence-corrected chi connectivity index (χ3v) is 3.35. The first-order valence-corrected chi connectivity index (χ1v) is 6.95. The lowest BCUT2D eigenvalue weighted by Gasteiger charge is -2.06. The van der Waals surface area contributed by atoms with E-state index in [4.69, 9.17) is 15.0 Å². The largest absolute Gasteiger partial charge is 0.485 e. The van der Waals surface area contributed by atoms with E-state index in [9.17, 15) is 0 Å². The Morgan fingerprint density at radius 2 is 2.26 bits per heavy atom. The summed E-state index contributed by atoms with van der Waals surface area (Å²) in [4.78, 5) is 4.24. The van der Waals surface area contributed by atoms with Gasteiger partial charge < -0.3 is 15.0 Å². The van der Waals surface area contributed by atoms with Gasteiger partial charge in [0.2, 0.25) is 11.7 Å². The smallest absolute Gasteiger partial charge is 0.226 e. The standard InChI is InChI=1S/C13H16BrN3O2/c1-2-3-13-16-12(17-19-13)8-18-10-4-5-11(14)9(6-10)7-15/h4-6H,2-3,7-8,15H2,1H3. The summed E-state index contributed by atoms with van der Waals surface area (Å²) in [5, 5.41) is 3.86. The number of nitrogens with two attached hydrogens (primary N) is 1. The average Bonchev–Trinajstić information content (AvgIpc) is 2.86. The van der Waals surface area contributed by atoms with E-state index in [1.165, 1.54) is 0 Å². The van der Waals surface area contributed by atoms with Crippen LogP contribution in [0.5, 0.6) is 5.75 Å². The highest BCUT2D eigenvalue weighted by Crippen LogP contribution is 2.22. The van der Waals surface area contributed by atoms with Crippen LogP contribution >= 0.6 is 15.9 Å². The van der Waals surface area contributed by atoms with Crippen LogP contribution in [-0.4, -0.2) is 10.1 Å². The molecule has 2 N–H and O–H groups in total. The van der Waals surface area contributed by atoms with Crippen LogP contribution in [0, 0.1) is 0 Å². The van der Waals surface area contributed by atoms with Crippen molar-refractivity contribution in [1.29, 1.82) is 0 Å². The number of hydrogen-bond acceptors (Lipinski definition) is 5. The van der Waals surface area contributed by atoms with Gasteiger partial charge in [-0.1, -0.05) is 28.0 Å². The fraction of sp³-hybridized carbons (Fsp3) is 0.385. The van der Waals surface area contributed by atoms with Gasteiger partial charge in [0.1, 0.15) is 5.75 Å². The molecule has 0 radical (unpaired) electrons. The molecule has 5 nitrogen and oxygen atoms in total. The predicted octanol–water partition coefficient (Wildman–Crippen LogP) is 2.82. The maximum atomic E-state index is 5.64. The van der Waals surface area contributed by atoms with Crippen LogP contribution < -0.4 is 10.5 Å². The fourth-order valence-corrected chi connectivity index (χ4v) is 2.02. The van der Waals surface area contributed by atoms with E-state index in [1.54, 1.807) is 0 Å². The van der Waals surface area contributed by atoms with E-state index in [-0.39, 0.29) is 0 Å². The van der Waals surface area contributed by atoms with Crippen LogP contribution in [0.25, 0.3) is 0 Å². The Kier molecular flexibility index (Phi) is 4.93. The summed E-state index contributed by atoms with van der Waals surface area (Å²) in [6.45, 7) is 2.82. The van der Waals surface area contributed by atoms with E-state index in [1.807, 2.05) is 18.2 Å². The van der Waals surface area contributed by atoms with Crippen molar-refractivity contribution in [1.82, 2.24) is 10.1 Å². The van der Waals surface area contributed by atoms with Crippen molar-refractivity contribution in [2.75, 3.05) is 0 Å². The van der Waals surface area contributed by atoms with Gasteiger partial charge in [0.15, 0.2) is 6.61 Å². The molecular formula is C13H16BrN3O2. The number of aryl methyl sites for hydroxylation is 1. The first-order chi connectivity index (χ1) is 9.22. The molecule has 1 aromatic carbocycles. The first-order valence-electron chi connectivity index (χ1n) is 6.15. The molecule has 0 aliphatic rings. The predicted molar refractivity (Wildman–Crippen MR) is 74.7 cm³/mol. The molecule has 2 rings (SSSR count). The Morgan fingerprint density at radius 1 is 1.42 bits per heavy atom. The van der Waals surface area contributed by atoms with Crippen LogP contribution in [0.4, 0.5) is 0 Å². The average molecular weight is 326 g/mol. The summed E-state index contributed by atoms with van der Waals surface area (Å²) < 4.78 is 11.7. The van der Waals surface area contributed by atoms with Crippen molar-refractivity contribution in [2.45, 2.75) is 32.9 Å². The van der Waals surface area contributed by atoms with Crippen molar-refractivity contribution in [3.8, 4) is 5.75 Å². The molecule has 0 aliphatic carbocycles. The molecule has 0 amide bonds. The zero-order valence-electron chi connectivity index (χ0n) is 10.7. The molecule has 1 aromatic heterocycles. The molecule has 0 spiro atoms. The minimum absolute atomic E-state index is 0.291. The molecule has 2 aromatic rings. The SMILES string of the molecule is CCCc1nc(COc2ccc(Br)c(CN)c2)no1. The third kappa shape index (κ3) is 3.78. The van der Waals surface area contributed by atoms with Gasteiger partial charge in [0, 0.05) is 17.4 Å². The molecule has 0 fully saturated rings. The second-order valence-corrected chi connectivity index (χ2v) is 4.95. The van der Waals surface area contributed by atoms with Crippen LogP contribution in [0.1, 0.15) is 30.6 Å². The van der Waals surface area contributed by atoms with Gasteiger partial charge >= 0.3 is 0 Å². The van der Waals surface area contributed by atoms with Crippen molar-refractivity contribution in [3.05, 3.63) is 40.0 Å². The van der Waals surface area contributed by atoms with Gasteiger partial charge in [-0.05, 0) is 30.2 Å². The quantitative estimate of drug-likeness (QED) is 0.883. The summed E-state index contributed by atoms with van der Waals surface area (Å²) in [5.74, 6) is 1.95. The Balaban J connectivity index is 1.97. The van der Waals surface area contributed by atoms with E-state index < -0.39 is 0 Å². The number of benzene rings is 1. The normalized spacial score (nSPS) is 10.7. The molecule has 0 unspecified atom stereocenters. The van der Waals surface area contributed by atoms with Crippen LogP contribution in [0.2, 0.25) is 0 Å². The Hall–Kier alpha value is -1.40. The van der Waals surface area contributed by atoms with E-state index in [0.29, 0.717) is 24.9 Å². The van der Waals surface area contributed by atoms with Crippen molar-refractivity contribution in [3.63, 3.8) is 0 Å². The maximum absolute atomic E-state index is 5.64. The second kappa shape index (κ2) is 6.68. The molecule has 102 valence electrons. The fourth-order valence-electron chi connectivity index (χ4n) is 1.61. The van der Waals surface area contributed by atoms with E-state index in [2.05, 4.69) is 33.0 Å².